The molecule has 164 valence electrons. The van der Waals surface area contributed by atoms with Crippen LogP contribution in [0.2, 0.25) is 0 Å². The number of methoxy groups -OCH3 is 1. The van der Waals surface area contributed by atoms with Crippen molar-refractivity contribution in [1.82, 2.24) is 0 Å². The number of fused-ring (bicyclic) bond motifs is 4. The number of benzene rings is 1. The van der Waals surface area contributed by atoms with Gasteiger partial charge in [0.15, 0.2) is 11.6 Å². The van der Waals surface area contributed by atoms with Gasteiger partial charge < -0.3 is 14.2 Å². The Morgan fingerprint density at radius 3 is 2.39 bits per heavy atom. The second kappa shape index (κ2) is 8.04. The smallest absolute Gasteiger partial charge is 0.308 e. The molecule has 31 heavy (non-hydrogen) atoms. The second-order valence-electron chi connectivity index (χ2n) is 8.71. The summed E-state index contributed by atoms with van der Waals surface area (Å²) < 4.78 is 16.5. The van der Waals surface area contributed by atoms with E-state index in [1.807, 2.05) is 6.08 Å². The third kappa shape index (κ3) is 3.61. The summed E-state index contributed by atoms with van der Waals surface area (Å²) in [6.07, 6.45) is 2.24. The Morgan fingerprint density at radius 2 is 1.74 bits per heavy atom. The molecule has 0 bridgehead atoms. The zero-order valence-electron chi connectivity index (χ0n) is 18.0. The van der Waals surface area contributed by atoms with Crippen molar-refractivity contribution in [3.63, 3.8) is 0 Å². The van der Waals surface area contributed by atoms with Crippen LogP contribution in [0.15, 0.2) is 29.8 Å². The Morgan fingerprint density at radius 1 is 1.00 bits per heavy atom. The summed E-state index contributed by atoms with van der Waals surface area (Å²) in [5, 5.41) is 0. The summed E-state index contributed by atoms with van der Waals surface area (Å²) >= 11 is 0. The lowest BCUT2D eigenvalue weighted by Crippen LogP contribution is -2.54. The normalized spacial score (nSPS) is 31.7. The molecule has 0 aromatic heterocycles. The van der Waals surface area contributed by atoms with Gasteiger partial charge in [-0.15, -0.1) is 0 Å². The lowest BCUT2D eigenvalue weighted by molar-refractivity contribution is -0.152. The lowest BCUT2D eigenvalue weighted by atomic mass is 9.57. The molecule has 0 aliphatic heterocycles. The first-order valence-corrected chi connectivity index (χ1v) is 10.5. The first-order chi connectivity index (χ1) is 14.7. The van der Waals surface area contributed by atoms with Crippen LogP contribution in [0.4, 0.5) is 0 Å². The van der Waals surface area contributed by atoms with E-state index in [1.54, 1.807) is 12.1 Å². The predicted octanol–water partition coefficient (Wildman–Crippen LogP) is 3.16. The number of rotatable bonds is 3. The standard InChI is InChI=1S/C24H26O7/c1-11-8-14-10-17(29-4)21-22(19(14)18(9-11)31-13(3)26)23(27)15-6-5-7-16(30-12(2)25)20(15)24(21)28/h5-7,10-11,17-19,21-22H,8-9H2,1-4H3/t11-,17-,18-,19-,21-,22+/m0/s1. The maximum Gasteiger partial charge on any atom is 0.308 e. The van der Waals surface area contributed by atoms with Crippen molar-refractivity contribution in [1.29, 1.82) is 0 Å². The number of carbonyl (C=O) groups is 4. The molecular formula is C24H26O7. The van der Waals surface area contributed by atoms with Gasteiger partial charge in [0.05, 0.1) is 17.6 Å². The van der Waals surface area contributed by atoms with Crippen LogP contribution in [0.25, 0.3) is 0 Å². The van der Waals surface area contributed by atoms with Crippen molar-refractivity contribution in [2.24, 2.45) is 23.7 Å². The molecule has 1 aromatic carbocycles. The molecular weight excluding hydrogens is 400 g/mol. The molecule has 1 saturated carbocycles. The van der Waals surface area contributed by atoms with Crippen LogP contribution in [-0.2, 0) is 19.1 Å². The number of hydrogen-bond donors (Lipinski definition) is 0. The fraction of sp³-hybridized carbons (Fsp3) is 0.500. The van der Waals surface area contributed by atoms with Gasteiger partial charge in [0.1, 0.15) is 11.9 Å². The minimum atomic E-state index is -0.776. The van der Waals surface area contributed by atoms with Gasteiger partial charge in [0.25, 0.3) is 0 Å². The summed E-state index contributed by atoms with van der Waals surface area (Å²) in [5.41, 5.74) is 1.36. The predicted molar refractivity (Wildman–Crippen MR) is 110 cm³/mol. The summed E-state index contributed by atoms with van der Waals surface area (Å²) in [4.78, 5) is 50.8. The van der Waals surface area contributed by atoms with Crippen LogP contribution < -0.4 is 4.74 Å². The zero-order valence-corrected chi connectivity index (χ0v) is 18.0. The quantitative estimate of drug-likeness (QED) is 0.416. The van der Waals surface area contributed by atoms with Crippen LogP contribution in [0.1, 0.15) is 54.3 Å². The second-order valence-corrected chi connectivity index (χ2v) is 8.71. The van der Waals surface area contributed by atoms with E-state index < -0.39 is 36.0 Å². The third-order valence-electron chi connectivity index (χ3n) is 6.54. The van der Waals surface area contributed by atoms with Crippen LogP contribution in [-0.4, -0.2) is 42.8 Å². The first-order valence-electron chi connectivity index (χ1n) is 10.5. The fourth-order valence-corrected chi connectivity index (χ4v) is 5.55. The molecule has 0 spiro atoms. The minimum Gasteiger partial charge on any atom is -0.462 e. The Labute approximate surface area is 180 Å². The summed E-state index contributed by atoms with van der Waals surface area (Å²) in [6, 6.07) is 4.70. The largest absolute Gasteiger partial charge is 0.462 e. The number of Topliss-reactive ketones (excluding diaryl/α,β-unsaturated/α-hetero) is 2. The van der Waals surface area contributed by atoms with Crippen LogP contribution in [0.5, 0.6) is 5.75 Å². The van der Waals surface area contributed by atoms with E-state index in [-0.39, 0.29) is 40.3 Å². The first kappa shape index (κ1) is 21.4. The van der Waals surface area contributed by atoms with Crippen LogP contribution >= 0.6 is 0 Å². The number of ether oxygens (including phenoxy) is 3. The Balaban J connectivity index is 1.86. The highest BCUT2D eigenvalue weighted by Crippen LogP contribution is 2.51. The number of esters is 2. The molecule has 0 saturated heterocycles. The molecule has 0 heterocycles. The van der Waals surface area contributed by atoms with Crippen molar-refractivity contribution >= 4 is 23.5 Å². The topological polar surface area (TPSA) is 96.0 Å². The molecule has 0 unspecified atom stereocenters. The van der Waals surface area contributed by atoms with Gasteiger partial charge >= 0.3 is 11.9 Å². The van der Waals surface area contributed by atoms with Gasteiger partial charge in [-0.25, -0.2) is 0 Å². The Bertz CT molecular complexity index is 992. The van der Waals surface area contributed by atoms with E-state index in [0.717, 1.165) is 12.0 Å². The molecule has 4 rings (SSSR count). The Hall–Kier alpha value is -2.80. The molecule has 7 nitrogen and oxygen atoms in total. The average Bonchev–Trinajstić information content (AvgIpc) is 2.69. The zero-order chi connectivity index (χ0) is 22.4. The highest BCUT2D eigenvalue weighted by molar-refractivity contribution is 6.18. The van der Waals surface area contributed by atoms with E-state index >= 15 is 0 Å². The van der Waals surface area contributed by atoms with Gasteiger partial charge in [0.2, 0.25) is 0 Å². The minimum absolute atomic E-state index is 0.0835. The summed E-state index contributed by atoms with van der Waals surface area (Å²) in [6.45, 7) is 4.68. The van der Waals surface area contributed by atoms with Crippen molar-refractivity contribution in [2.75, 3.05) is 7.11 Å². The molecule has 0 N–H and O–H groups in total. The van der Waals surface area contributed by atoms with Gasteiger partial charge in [-0.05, 0) is 24.8 Å². The van der Waals surface area contributed by atoms with E-state index in [4.69, 9.17) is 14.2 Å². The fourth-order valence-electron chi connectivity index (χ4n) is 5.55. The molecule has 1 aromatic rings. The van der Waals surface area contributed by atoms with Gasteiger partial charge in [-0.3, -0.25) is 19.2 Å². The van der Waals surface area contributed by atoms with Crippen LogP contribution in [0, 0.1) is 23.7 Å². The highest BCUT2D eigenvalue weighted by Gasteiger charge is 2.56. The van der Waals surface area contributed by atoms with Crippen molar-refractivity contribution in [2.45, 2.75) is 45.8 Å². The monoisotopic (exact) mass is 426 g/mol. The molecule has 0 amide bonds. The van der Waals surface area contributed by atoms with E-state index in [9.17, 15) is 19.2 Å². The van der Waals surface area contributed by atoms with E-state index in [1.165, 1.54) is 27.0 Å². The SMILES string of the molecule is CO[C@H]1C=C2C[C@H](C)C[C@H](OC(C)=O)[C@H]2[C@H]2C(=O)c3cccc(OC(C)=O)c3C(=O)[C@H]21. The summed E-state index contributed by atoms with van der Waals surface area (Å²) in [5.74, 6) is -2.97. The molecule has 6 atom stereocenters. The molecule has 3 aliphatic carbocycles. The molecule has 0 radical (unpaired) electrons. The third-order valence-corrected chi connectivity index (χ3v) is 6.54. The number of carbonyl (C=O) groups excluding carboxylic acids is 4. The maximum absolute atomic E-state index is 13.7. The van der Waals surface area contributed by atoms with Crippen molar-refractivity contribution in [3.8, 4) is 5.75 Å². The maximum atomic E-state index is 13.7. The van der Waals surface area contributed by atoms with E-state index in [2.05, 4.69) is 6.92 Å². The highest BCUT2D eigenvalue weighted by atomic mass is 16.5. The van der Waals surface area contributed by atoms with Gasteiger partial charge in [-0.2, -0.15) is 0 Å². The molecule has 1 fully saturated rings. The van der Waals surface area contributed by atoms with Gasteiger partial charge in [-0.1, -0.05) is 30.7 Å². The summed E-state index contributed by atoms with van der Waals surface area (Å²) in [7, 11) is 1.51. The molecule has 3 aliphatic rings. The number of hydrogen-bond acceptors (Lipinski definition) is 7. The van der Waals surface area contributed by atoms with E-state index in [0.29, 0.717) is 6.42 Å². The lowest BCUT2D eigenvalue weighted by Gasteiger charge is -2.48. The van der Waals surface area contributed by atoms with Crippen molar-refractivity contribution < 1.29 is 33.4 Å². The van der Waals surface area contributed by atoms with Gasteiger partial charge in [0, 0.05) is 38.4 Å². The van der Waals surface area contributed by atoms with Crippen molar-refractivity contribution in [3.05, 3.63) is 41.0 Å². The molecule has 7 heteroatoms. The average molecular weight is 426 g/mol. The van der Waals surface area contributed by atoms with Crippen LogP contribution in [0.3, 0.4) is 0 Å². The number of ketones is 2. The Kier molecular flexibility index (Phi) is 5.56.